The van der Waals surface area contributed by atoms with E-state index in [1.54, 1.807) is 0 Å². The van der Waals surface area contributed by atoms with Crippen molar-refractivity contribution in [2.24, 2.45) is 0 Å². The molecule has 0 unspecified atom stereocenters. The number of nitrogens with zero attached hydrogens (tertiary/aromatic N) is 2. The average molecular weight is 368 g/mol. The molecule has 0 aliphatic heterocycles. The van der Waals surface area contributed by atoms with Crippen LogP contribution in [0.15, 0.2) is 0 Å². The number of hydrogen-bond donors (Lipinski definition) is 0. The predicted octanol–water partition coefficient (Wildman–Crippen LogP) is 2.15. The zero-order valence-corrected chi connectivity index (χ0v) is 13.3. The number of aryl methyl sites for hydroxylation is 2. The number of hydrogen-bond acceptors (Lipinski definition) is 5. The van der Waals surface area contributed by atoms with E-state index in [-0.39, 0.29) is 0 Å². The molecule has 0 spiro atoms. The van der Waals surface area contributed by atoms with Gasteiger partial charge in [-0.15, -0.1) is 0 Å². The van der Waals surface area contributed by atoms with Crippen molar-refractivity contribution in [2.45, 2.75) is 41.2 Å². The molecule has 7 heteroatoms. The van der Waals surface area contributed by atoms with Gasteiger partial charge in [0.15, 0.2) is 0 Å². The normalized spacial score (nSPS) is 11.1. The first kappa shape index (κ1) is 14.9. The number of carbonyl (C=O) groups is 2. The Bertz CT molecular complexity index is 454. The number of halogens is 1. The molecule has 102 valence electrons. The first-order valence-electron chi connectivity index (χ1n) is 5.48. The Balaban J connectivity index is 3.15. The first-order chi connectivity index (χ1) is 8.36. The van der Waals surface area contributed by atoms with Crippen LogP contribution < -0.4 is 0 Å². The molecule has 0 N–H and O–H groups in total. The molecule has 1 rings (SSSR count). The topological polar surface area (TPSA) is 70.4 Å². The van der Waals surface area contributed by atoms with Crippen LogP contribution in [-0.4, -0.2) is 21.7 Å². The Morgan fingerprint density at radius 3 is 2.06 bits per heavy atom. The summed E-state index contributed by atoms with van der Waals surface area (Å²) < 4.78 is 13.0. The minimum absolute atomic E-state index is 0.440. The van der Waals surface area contributed by atoms with Crippen LogP contribution in [0.3, 0.4) is 0 Å². The second kappa shape index (κ2) is 6.17. The summed E-state index contributed by atoms with van der Waals surface area (Å²) in [4.78, 5) is 22.2. The Kier molecular flexibility index (Phi) is 5.12. The second-order valence-electron chi connectivity index (χ2n) is 3.66. The summed E-state index contributed by atoms with van der Waals surface area (Å²) in [6.07, 6.45) is 0. The molecule has 0 fully saturated rings. The number of aromatic nitrogens is 2. The molecule has 18 heavy (non-hydrogen) atoms. The van der Waals surface area contributed by atoms with Crippen LogP contribution in [0.1, 0.15) is 32.2 Å². The van der Waals surface area contributed by atoms with Gasteiger partial charge in [-0.1, -0.05) is 0 Å². The van der Waals surface area contributed by atoms with Gasteiger partial charge in [-0.25, -0.2) is 0 Å². The van der Waals surface area contributed by atoms with Crippen molar-refractivity contribution < 1.29 is 15.7 Å². The third-order valence-corrected chi connectivity index (χ3v) is 6.59. The van der Waals surface area contributed by atoms with E-state index in [0.29, 0.717) is 0 Å². The summed E-state index contributed by atoms with van der Waals surface area (Å²) >= 11 is -2.76. The van der Waals surface area contributed by atoms with Crippen molar-refractivity contribution >= 4 is 32.6 Å². The molecule has 1 heterocycles. The summed E-state index contributed by atoms with van der Waals surface area (Å²) in [5.41, 5.74) is 1.64. The number of rotatable bonds is 4. The third kappa shape index (κ3) is 3.44. The van der Waals surface area contributed by atoms with E-state index in [1.165, 1.54) is 13.8 Å². The molecule has 0 saturated carbocycles. The van der Waals surface area contributed by atoms with Crippen molar-refractivity contribution in [3.63, 3.8) is 0 Å². The average Bonchev–Trinajstić information content (AvgIpc) is 2.51. The van der Waals surface area contributed by atoms with Gasteiger partial charge in [-0.3, -0.25) is 0 Å². The Morgan fingerprint density at radius 2 is 1.72 bits per heavy atom. The van der Waals surface area contributed by atoms with Gasteiger partial charge in [0, 0.05) is 0 Å². The van der Waals surface area contributed by atoms with Crippen LogP contribution >= 0.6 is 20.6 Å². The van der Waals surface area contributed by atoms with Crippen molar-refractivity contribution in [1.82, 2.24) is 9.78 Å². The molecule has 0 bridgehead atoms. The van der Waals surface area contributed by atoms with Crippen molar-refractivity contribution in [3.8, 4) is 0 Å². The van der Waals surface area contributed by atoms with Crippen LogP contribution in [0.5, 0.6) is 0 Å². The fourth-order valence-electron chi connectivity index (χ4n) is 1.50. The SMILES string of the molecule is CCn1nc(C)c(I(OC(C)=O)OC(C)=O)c1C. The summed E-state index contributed by atoms with van der Waals surface area (Å²) in [7, 11) is 0. The van der Waals surface area contributed by atoms with Crippen LogP contribution in [0.2, 0.25) is 0 Å². The van der Waals surface area contributed by atoms with Crippen molar-refractivity contribution in [1.29, 1.82) is 0 Å². The number of carbonyl (C=O) groups excluding carboxylic acids is 2. The third-order valence-electron chi connectivity index (χ3n) is 2.10. The molecular formula is C11H17IN2O4. The predicted molar refractivity (Wildman–Crippen MR) is 73.6 cm³/mol. The van der Waals surface area contributed by atoms with Crippen LogP contribution in [0, 0.1) is 17.4 Å². The maximum absolute atomic E-state index is 11.1. The van der Waals surface area contributed by atoms with E-state index < -0.39 is 32.6 Å². The molecule has 0 saturated heterocycles. The van der Waals surface area contributed by atoms with Gasteiger partial charge in [0.25, 0.3) is 0 Å². The molecule has 0 radical (unpaired) electrons. The molecule has 0 amide bonds. The Labute approximate surface area is 114 Å². The fourth-order valence-corrected chi connectivity index (χ4v) is 4.81. The van der Waals surface area contributed by atoms with Crippen LogP contribution in [-0.2, 0) is 22.3 Å². The van der Waals surface area contributed by atoms with E-state index in [1.807, 2.05) is 25.5 Å². The molecular weight excluding hydrogens is 351 g/mol. The Hall–Kier alpha value is -1.12. The maximum atomic E-state index is 11.1. The summed E-state index contributed by atoms with van der Waals surface area (Å²) in [5, 5.41) is 4.34. The summed E-state index contributed by atoms with van der Waals surface area (Å²) in [5.74, 6) is -0.881. The second-order valence-corrected chi connectivity index (χ2v) is 6.86. The molecule has 0 aromatic carbocycles. The Morgan fingerprint density at radius 1 is 1.22 bits per heavy atom. The fraction of sp³-hybridized carbons (Fsp3) is 0.545. The van der Waals surface area contributed by atoms with E-state index in [2.05, 4.69) is 5.10 Å². The summed E-state index contributed by atoms with van der Waals surface area (Å²) in [6, 6.07) is 0. The molecule has 6 nitrogen and oxygen atoms in total. The van der Waals surface area contributed by atoms with E-state index >= 15 is 0 Å². The van der Waals surface area contributed by atoms with Gasteiger partial charge >= 0.3 is 114 Å². The molecule has 1 aromatic heterocycles. The zero-order chi connectivity index (χ0) is 13.9. The van der Waals surface area contributed by atoms with E-state index in [0.717, 1.165) is 21.5 Å². The van der Waals surface area contributed by atoms with Gasteiger partial charge in [-0.2, -0.15) is 0 Å². The standard InChI is InChI=1S/C11H17IN2O4/c1-6-14-8(3)11(7(2)13-14)12(17-9(4)15)18-10(5)16/h6H2,1-5H3. The van der Waals surface area contributed by atoms with E-state index in [9.17, 15) is 9.59 Å². The molecule has 1 aromatic rings. The van der Waals surface area contributed by atoms with Gasteiger partial charge in [0.05, 0.1) is 0 Å². The molecule has 0 aliphatic rings. The summed E-state index contributed by atoms with van der Waals surface area (Å²) in [6.45, 7) is 9.02. The van der Waals surface area contributed by atoms with E-state index in [4.69, 9.17) is 6.13 Å². The molecule has 0 aliphatic carbocycles. The van der Waals surface area contributed by atoms with Crippen LogP contribution in [0.4, 0.5) is 0 Å². The van der Waals surface area contributed by atoms with Crippen LogP contribution in [0.25, 0.3) is 0 Å². The van der Waals surface area contributed by atoms with Gasteiger partial charge in [0.1, 0.15) is 0 Å². The minimum atomic E-state index is -2.76. The molecule has 0 atom stereocenters. The zero-order valence-electron chi connectivity index (χ0n) is 11.1. The van der Waals surface area contributed by atoms with Crippen molar-refractivity contribution in [3.05, 3.63) is 15.0 Å². The van der Waals surface area contributed by atoms with Gasteiger partial charge in [-0.05, 0) is 0 Å². The van der Waals surface area contributed by atoms with Crippen molar-refractivity contribution in [2.75, 3.05) is 0 Å². The quantitative estimate of drug-likeness (QED) is 0.762. The van der Waals surface area contributed by atoms with Gasteiger partial charge in [0.2, 0.25) is 0 Å². The van der Waals surface area contributed by atoms with Gasteiger partial charge < -0.3 is 0 Å². The monoisotopic (exact) mass is 368 g/mol. The first-order valence-corrected chi connectivity index (χ1v) is 8.32.